The van der Waals surface area contributed by atoms with Crippen molar-refractivity contribution in [1.29, 1.82) is 0 Å². The van der Waals surface area contributed by atoms with E-state index in [0.29, 0.717) is 5.92 Å². The second-order valence-corrected chi connectivity index (χ2v) is 3.38. The van der Waals surface area contributed by atoms with Crippen LogP contribution < -0.4 is 4.74 Å². The third-order valence-corrected chi connectivity index (χ3v) is 2.55. The van der Waals surface area contributed by atoms with Gasteiger partial charge < -0.3 is 9.53 Å². The summed E-state index contributed by atoms with van der Waals surface area (Å²) in [4.78, 5) is 10.5. The smallest absolute Gasteiger partial charge is 0.123 e. The second kappa shape index (κ2) is 3.21. The Hall–Kier alpha value is -1.31. The van der Waals surface area contributed by atoms with E-state index >= 15 is 0 Å². The number of carbonyl (C=O) groups is 1. The molecule has 0 aromatic heterocycles. The minimum absolute atomic E-state index is 0.219. The normalized spacial score (nSPS) is 25.3. The molecule has 2 heteroatoms. The maximum Gasteiger partial charge on any atom is 0.123 e. The third-order valence-electron chi connectivity index (χ3n) is 2.55. The molecule has 0 N–H and O–H groups in total. The molecule has 0 spiro atoms. The minimum atomic E-state index is 0.219. The third kappa shape index (κ3) is 1.44. The van der Waals surface area contributed by atoms with Gasteiger partial charge in [0.2, 0.25) is 0 Å². The number of hydrogen-bond donors (Lipinski definition) is 0. The molecule has 1 aliphatic carbocycles. The van der Waals surface area contributed by atoms with Gasteiger partial charge in [0.05, 0.1) is 7.11 Å². The Kier molecular flexibility index (Phi) is 2.05. The fraction of sp³-hybridized carbons (Fsp3) is 0.364. The van der Waals surface area contributed by atoms with Crippen molar-refractivity contribution in [3.8, 4) is 5.75 Å². The van der Waals surface area contributed by atoms with Crippen molar-refractivity contribution >= 4 is 6.29 Å². The van der Waals surface area contributed by atoms with Crippen LogP contribution in [0.25, 0.3) is 0 Å². The van der Waals surface area contributed by atoms with Crippen LogP contribution in [0.4, 0.5) is 0 Å². The molecule has 0 aliphatic heterocycles. The van der Waals surface area contributed by atoms with Crippen LogP contribution in [-0.4, -0.2) is 13.4 Å². The zero-order valence-corrected chi connectivity index (χ0v) is 7.57. The molecule has 0 heterocycles. The molecule has 0 amide bonds. The Morgan fingerprint density at radius 3 is 2.85 bits per heavy atom. The van der Waals surface area contributed by atoms with E-state index in [1.807, 2.05) is 24.3 Å². The number of hydrogen-bond acceptors (Lipinski definition) is 2. The number of benzene rings is 1. The molecule has 0 radical (unpaired) electrons. The zero-order valence-electron chi connectivity index (χ0n) is 7.57. The van der Waals surface area contributed by atoms with E-state index in [0.717, 1.165) is 18.5 Å². The first kappa shape index (κ1) is 8.30. The van der Waals surface area contributed by atoms with Crippen LogP contribution in [0.2, 0.25) is 0 Å². The van der Waals surface area contributed by atoms with Crippen molar-refractivity contribution < 1.29 is 9.53 Å². The molecule has 1 aliphatic rings. The topological polar surface area (TPSA) is 26.3 Å². The number of para-hydroxylation sites is 1. The van der Waals surface area contributed by atoms with Gasteiger partial charge in [-0.25, -0.2) is 0 Å². The van der Waals surface area contributed by atoms with Gasteiger partial charge in [-0.2, -0.15) is 0 Å². The van der Waals surface area contributed by atoms with E-state index in [9.17, 15) is 4.79 Å². The lowest BCUT2D eigenvalue weighted by Gasteiger charge is -2.05. The standard InChI is InChI=1S/C11H12O2/c1-13-11-5-3-2-4-9(11)10-6-8(10)7-12/h2-5,7-8,10H,6H2,1H3/t8-,10+/m0/s1. The minimum Gasteiger partial charge on any atom is -0.496 e. The molecule has 2 nitrogen and oxygen atoms in total. The van der Waals surface area contributed by atoms with Crippen molar-refractivity contribution in [3.05, 3.63) is 29.8 Å². The molecular formula is C11H12O2. The van der Waals surface area contributed by atoms with Gasteiger partial charge in [-0.15, -0.1) is 0 Å². The molecule has 0 saturated heterocycles. The summed E-state index contributed by atoms with van der Waals surface area (Å²) in [5, 5.41) is 0. The highest BCUT2D eigenvalue weighted by molar-refractivity contribution is 5.62. The van der Waals surface area contributed by atoms with Crippen molar-refractivity contribution in [3.63, 3.8) is 0 Å². The Bertz CT molecular complexity index is 320. The summed E-state index contributed by atoms with van der Waals surface area (Å²) < 4.78 is 5.22. The largest absolute Gasteiger partial charge is 0.496 e. The molecule has 2 rings (SSSR count). The first-order valence-corrected chi connectivity index (χ1v) is 4.45. The first-order valence-electron chi connectivity index (χ1n) is 4.45. The van der Waals surface area contributed by atoms with Crippen LogP contribution in [0.3, 0.4) is 0 Å². The average Bonchev–Trinajstić information content (AvgIpc) is 2.96. The van der Waals surface area contributed by atoms with Crippen LogP contribution in [0.15, 0.2) is 24.3 Å². The van der Waals surface area contributed by atoms with E-state index in [4.69, 9.17) is 4.74 Å². The Morgan fingerprint density at radius 1 is 1.46 bits per heavy atom. The monoisotopic (exact) mass is 176 g/mol. The zero-order chi connectivity index (χ0) is 9.26. The molecule has 0 bridgehead atoms. The van der Waals surface area contributed by atoms with E-state index in [1.54, 1.807) is 7.11 Å². The summed E-state index contributed by atoms with van der Waals surface area (Å²) in [6.45, 7) is 0. The van der Waals surface area contributed by atoms with Gasteiger partial charge >= 0.3 is 0 Å². The highest BCUT2D eigenvalue weighted by Gasteiger charge is 2.39. The summed E-state index contributed by atoms with van der Waals surface area (Å²) in [5.41, 5.74) is 1.17. The predicted octanol–water partition coefficient (Wildman–Crippen LogP) is 2.00. The molecule has 1 saturated carbocycles. The molecular weight excluding hydrogens is 164 g/mol. The van der Waals surface area contributed by atoms with E-state index in [1.165, 1.54) is 5.56 Å². The van der Waals surface area contributed by atoms with Crippen molar-refractivity contribution in [2.24, 2.45) is 5.92 Å². The lowest BCUT2D eigenvalue weighted by Crippen LogP contribution is -1.91. The van der Waals surface area contributed by atoms with Crippen molar-refractivity contribution in [2.75, 3.05) is 7.11 Å². The number of methoxy groups -OCH3 is 1. The summed E-state index contributed by atoms with van der Waals surface area (Å²) in [6, 6.07) is 7.90. The Balaban J connectivity index is 2.25. The quantitative estimate of drug-likeness (QED) is 0.658. The lowest BCUT2D eigenvalue weighted by molar-refractivity contribution is -0.108. The highest BCUT2D eigenvalue weighted by Crippen LogP contribution is 2.48. The maximum atomic E-state index is 10.5. The number of ether oxygens (including phenoxy) is 1. The molecule has 1 fully saturated rings. The van der Waals surface area contributed by atoms with Crippen LogP contribution in [-0.2, 0) is 4.79 Å². The van der Waals surface area contributed by atoms with Gasteiger partial charge in [-0.05, 0) is 24.0 Å². The van der Waals surface area contributed by atoms with Gasteiger partial charge in [-0.3, -0.25) is 0 Å². The van der Waals surface area contributed by atoms with E-state index in [-0.39, 0.29) is 5.92 Å². The Morgan fingerprint density at radius 2 is 2.23 bits per heavy atom. The van der Waals surface area contributed by atoms with Gasteiger partial charge in [0.1, 0.15) is 12.0 Å². The summed E-state index contributed by atoms with van der Waals surface area (Å²) in [6.07, 6.45) is 2.01. The van der Waals surface area contributed by atoms with Crippen LogP contribution in [0, 0.1) is 5.92 Å². The Labute approximate surface area is 77.5 Å². The molecule has 1 aromatic carbocycles. The fourth-order valence-electron chi connectivity index (χ4n) is 1.70. The summed E-state index contributed by atoms with van der Waals surface area (Å²) >= 11 is 0. The summed E-state index contributed by atoms with van der Waals surface area (Å²) in [5.74, 6) is 1.52. The molecule has 68 valence electrons. The number of rotatable bonds is 3. The van der Waals surface area contributed by atoms with Crippen LogP contribution in [0.1, 0.15) is 17.9 Å². The molecule has 1 aromatic rings. The van der Waals surface area contributed by atoms with E-state index < -0.39 is 0 Å². The van der Waals surface area contributed by atoms with Crippen molar-refractivity contribution in [2.45, 2.75) is 12.3 Å². The number of carbonyl (C=O) groups excluding carboxylic acids is 1. The number of aldehydes is 1. The lowest BCUT2D eigenvalue weighted by atomic mass is 10.1. The molecule has 0 unspecified atom stereocenters. The first-order chi connectivity index (χ1) is 6.36. The molecule has 2 atom stereocenters. The van der Waals surface area contributed by atoms with Gasteiger partial charge in [-0.1, -0.05) is 18.2 Å². The second-order valence-electron chi connectivity index (χ2n) is 3.38. The maximum absolute atomic E-state index is 10.5. The summed E-state index contributed by atoms with van der Waals surface area (Å²) in [7, 11) is 1.66. The van der Waals surface area contributed by atoms with Crippen molar-refractivity contribution in [1.82, 2.24) is 0 Å². The predicted molar refractivity (Wildman–Crippen MR) is 49.9 cm³/mol. The van der Waals surface area contributed by atoms with E-state index in [2.05, 4.69) is 0 Å². The fourth-order valence-corrected chi connectivity index (χ4v) is 1.70. The SMILES string of the molecule is COc1ccccc1[C@@H]1C[C@H]1C=O. The van der Waals surface area contributed by atoms with Crippen LogP contribution >= 0.6 is 0 Å². The van der Waals surface area contributed by atoms with Gasteiger partial charge in [0.25, 0.3) is 0 Å². The molecule has 13 heavy (non-hydrogen) atoms. The average molecular weight is 176 g/mol. The highest BCUT2D eigenvalue weighted by atomic mass is 16.5. The van der Waals surface area contributed by atoms with Gasteiger partial charge in [0.15, 0.2) is 0 Å². The van der Waals surface area contributed by atoms with Gasteiger partial charge in [0, 0.05) is 5.92 Å². The van der Waals surface area contributed by atoms with Crippen LogP contribution in [0.5, 0.6) is 5.75 Å².